The quantitative estimate of drug-likeness (QED) is 0.640. The smallest absolute Gasteiger partial charge is 0.293 e. The third-order valence-corrected chi connectivity index (χ3v) is 4.11. The average Bonchev–Trinajstić information content (AvgIpc) is 2.62. The zero-order chi connectivity index (χ0) is 17.1. The Hall–Kier alpha value is -3.14. The fourth-order valence-electron chi connectivity index (χ4n) is 2.86. The van der Waals surface area contributed by atoms with E-state index >= 15 is 0 Å². The van der Waals surface area contributed by atoms with Crippen molar-refractivity contribution in [3.05, 3.63) is 64.0 Å². The van der Waals surface area contributed by atoms with Crippen molar-refractivity contribution in [2.45, 2.75) is 0 Å². The highest BCUT2D eigenvalue weighted by Crippen LogP contribution is 2.30. The van der Waals surface area contributed by atoms with Gasteiger partial charge >= 0.3 is 0 Å². The Bertz CT molecular complexity index is 793. The third-order valence-electron chi connectivity index (χ3n) is 4.11. The minimum atomic E-state index is -0.456. The summed E-state index contributed by atoms with van der Waals surface area (Å²) in [5, 5.41) is 20.2. The number of anilines is 2. The van der Waals surface area contributed by atoms with E-state index in [1.54, 1.807) is 24.3 Å². The molecule has 0 aromatic heterocycles. The van der Waals surface area contributed by atoms with Crippen LogP contribution in [0.2, 0.25) is 0 Å². The van der Waals surface area contributed by atoms with E-state index in [0.717, 1.165) is 5.69 Å². The van der Waals surface area contributed by atoms with E-state index in [1.165, 1.54) is 18.2 Å². The van der Waals surface area contributed by atoms with Gasteiger partial charge in [0.15, 0.2) is 0 Å². The number of hydrogen-bond donors (Lipinski definition) is 0. The minimum absolute atomic E-state index is 0.0516. The van der Waals surface area contributed by atoms with Crippen LogP contribution in [0.25, 0.3) is 0 Å². The van der Waals surface area contributed by atoms with Gasteiger partial charge in [-0.15, -0.1) is 0 Å². The van der Waals surface area contributed by atoms with Crippen LogP contribution in [-0.2, 0) is 0 Å². The van der Waals surface area contributed by atoms with Gasteiger partial charge in [-0.05, 0) is 36.4 Å². The van der Waals surface area contributed by atoms with Crippen molar-refractivity contribution < 1.29 is 9.31 Å². The Morgan fingerprint density at radius 2 is 1.67 bits per heavy atom. The van der Waals surface area contributed by atoms with Gasteiger partial charge in [0.05, 0.1) is 16.6 Å². The molecule has 7 heteroatoms. The van der Waals surface area contributed by atoms with E-state index in [0.29, 0.717) is 31.9 Å². The van der Waals surface area contributed by atoms with Gasteiger partial charge in [0, 0.05) is 37.9 Å². The minimum Gasteiger partial charge on any atom is -0.368 e. The second-order valence-corrected chi connectivity index (χ2v) is 5.52. The lowest BCUT2D eigenvalue weighted by atomic mass is 10.1. The van der Waals surface area contributed by atoms with Crippen LogP contribution < -0.4 is 9.80 Å². The lowest BCUT2D eigenvalue weighted by Gasteiger charge is -2.37. The number of nitrogens with zero attached hydrogens (tertiary/aromatic N) is 4. The van der Waals surface area contributed by atoms with Gasteiger partial charge in [-0.25, -0.2) is 4.39 Å². The summed E-state index contributed by atoms with van der Waals surface area (Å²) in [4.78, 5) is 14.9. The Kier molecular flexibility index (Phi) is 4.29. The molecule has 1 saturated heterocycles. The monoisotopic (exact) mass is 326 g/mol. The molecule has 1 fully saturated rings. The summed E-state index contributed by atoms with van der Waals surface area (Å²) in [7, 11) is 0. The van der Waals surface area contributed by atoms with Gasteiger partial charge in [0.25, 0.3) is 5.69 Å². The zero-order valence-corrected chi connectivity index (χ0v) is 12.9. The van der Waals surface area contributed by atoms with Crippen LogP contribution in [0.15, 0.2) is 42.5 Å². The normalized spacial score (nSPS) is 14.3. The van der Waals surface area contributed by atoms with E-state index in [2.05, 4.69) is 4.90 Å². The number of piperazine rings is 1. The van der Waals surface area contributed by atoms with Gasteiger partial charge in [-0.3, -0.25) is 10.1 Å². The van der Waals surface area contributed by atoms with Crippen LogP contribution in [0, 0.1) is 27.3 Å². The summed E-state index contributed by atoms with van der Waals surface area (Å²) >= 11 is 0. The van der Waals surface area contributed by atoms with E-state index in [9.17, 15) is 14.5 Å². The molecule has 0 atom stereocenters. The molecule has 0 unspecified atom stereocenters. The summed E-state index contributed by atoms with van der Waals surface area (Å²) in [5.41, 5.74) is 1.68. The summed E-state index contributed by atoms with van der Waals surface area (Å²) < 4.78 is 13.0. The number of nitriles is 1. The number of halogens is 1. The van der Waals surface area contributed by atoms with Crippen molar-refractivity contribution in [2.24, 2.45) is 0 Å². The molecule has 0 N–H and O–H groups in total. The molecular formula is C17H15FN4O2. The molecule has 1 heterocycles. The average molecular weight is 326 g/mol. The predicted molar refractivity (Wildman–Crippen MR) is 88.6 cm³/mol. The molecular weight excluding hydrogens is 311 g/mol. The standard InChI is InChI=1S/C17H15FN4O2/c18-14-2-4-15(5-3-14)20-7-9-21(10-8-20)16-6-1-13(12-19)11-17(16)22(23)24/h1-6,11H,7-10H2. The van der Waals surface area contributed by atoms with E-state index in [1.807, 2.05) is 11.0 Å². The highest BCUT2D eigenvalue weighted by molar-refractivity contribution is 5.66. The Morgan fingerprint density at radius 1 is 1.04 bits per heavy atom. The molecule has 6 nitrogen and oxygen atoms in total. The predicted octanol–water partition coefficient (Wildman–Crippen LogP) is 2.93. The molecule has 122 valence electrons. The third kappa shape index (κ3) is 3.13. The largest absolute Gasteiger partial charge is 0.368 e. The number of rotatable bonds is 3. The highest BCUT2D eigenvalue weighted by atomic mass is 19.1. The summed E-state index contributed by atoms with van der Waals surface area (Å²) in [5.74, 6) is -0.273. The van der Waals surface area contributed by atoms with Gasteiger partial charge < -0.3 is 9.80 Å². The second-order valence-electron chi connectivity index (χ2n) is 5.52. The van der Waals surface area contributed by atoms with Crippen LogP contribution in [0.5, 0.6) is 0 Å². The van der Waals surface area contributed by atoms with Crippen molar-refractivity contribution in [2.75, 3.05) is 36.0 Å². The molecule has 1 aliphatic rings. The Morgan fingerprint density at radius 3 is 2.25 bits per heavy atom. The first-order chi connectivity index (χ1) is 11.6. The zero-order valence-electron chi connectivity index (χ0n) is 12.9. The first-order valence-electron chi connectivity index (χ1n) is 7.52. The van der Waals surface area contributed by atoms with Gasteiger partial charge in [-0.1, -0.05) is 0 Å². The van der Waals surface area contributed by atoms with Crippen LogP contribution in [0.4, 0.5) is 21.5 Å². The van der Waals surface area contributed by atoms with Crippen LogP contribution in [0.3, 0.4) is 0 Å². The van der Waals surface area contributed by atoms with Gasteiger partial charge in [-0.2, -0.15) is 5.26 Å². The molecule has 1 aliphatic heterocycles. The fourth-order valence-corrected chi connectivity index (χ4v) is 2.86. The molecule has 2 aromatic carbocycles. The Balaban J connectivity index is 1.76. The van der Waals surface area contributed by atoms with Crippen LogP contribution in [0.1, 0.15) is 5.56 Å². The number of benzene rings is 2. The molecule has 3 rings (SSSR count). The molecule has 0 radical (unpaired) electrons. The molecule has 0 amide bonds. The summed E-state index contributed by atoms with van der Waals surface area (Å²) in [6.07, 6.45) is 0. The summed E-state index contributed by atoms with van der Waals surface area (Å²) in [6.45, 7) is 2.60. The van der Waals surface area contributed by atoms with Crippen molar-refractivity contribution in [3.8, 4) is 6.07 Å². The number of hydrogen-bond acceptors (Lipinski definition) is 5. The number of nitro benzene ring substituents is 1. The maximum Gasteiger partial charge on any atom is 0.293 e. The lowest BCUT2D eigenvalue weighted by Crippen LogP contribution is -2.46. The van der Waals surface area contributed by atoms with Crippen molar-refractivity contribution in [1.82, 2.24) is 0 Å². The second kappa shape index (κ2) is 6.54. The van der Waals surface area contributed by atoms with Crippen molar-refractivity contribution in [3.63, 3.8) is 0 Å². The van der Waals surface area contributed by atoms with E-state index in [-0.39, 0.29) is 17.1 Å². The molecule has 0 aliphatic carbocycles. The highest BCUT2D eigenvalue weighted by Gasteiger charge is 2.24. The Labute approximate surface area is 138 Å². The maximum atomic E-state index is 13.0. The van der Waals surface area contributed by atoms with Crippen LogP contribution >= 0.6 is 0 Å². The van der Waals surface area contributed by atoms with Crippen molar-refractivity contribution >= 4 is 17.1 Å². The first-order valence-corrected chi connectivity index (χ1v) is 7.52. The SMILES string of the molecule is N#Cc1ccc(N2CCN(c3ccc(F)cc3)CC2)c([N+](=O)[O-])c1. The first kappa shape index (κ1) is 15.7. The molecule has 0 bridgehead atoms. The van der Waals surface area contributed by atoms with Gasteiger partial charge in [0.1, 0.15) is 11.5 Å². The van der Waals surface area contributed by atoms with E-state index < -0.39 is 4.92 Å². The molecule has 24 heavy (non-hydrogen) atoms. The summed E-state index contributed by atoms with van der Waals surface area (Å²) in [6, 6.07) is 12.8. The molecule has 2 aromatic rings. The van der Waals surface area contributed by atoms with Crippen molar-refractivity contribution in [1.29, 1.82) is 5.26 Å². The van der Waals surface area contributed by atoms with Crippen LogP contribution in [-0.4, -0.2) is 31.1 Å². The van der Waals surface area contributed by atoms with E-state index in [4.69, 9.17) is 5.26 Å². The maximum absolute atomic E-state index is 13.0. The molecule has 0 saturated carbocycles. The number of nitro groups is 1. The lowest BCUT2D eigenvalue weighted by molar-refractivity contribution is -0.384. The topological polar surface area (TPSA) is 73.4 Å². The molecule has 0 spiro atoms. The fraction of sp³-hybridized carbons (Fsp3) is 0.235. The van der Waals surface area contributed by atoms with Gasteiger partial charge in [0.2, 0.25) is 0 Å².